The Kier molecular flexibility index (Phi) is 2.08. The van der Waals surface area contributed by atoms with E-state index < -0.39 is 0 Å². The summed E-state index contributed by atoms with van der Waals surface area (Å²) in [7, 11) is 1.86. The minimum absolute atomic E-state index is 0.0637. The Bertz CT molecular complexity index is 414. The van der Waals surface area contributed by atoms with Crippen molar-refractivity contribution in [3.63, 3.8) is 0 Å². The Balaban J connectivity index is 1.43. The largest absolute Gasteiger partial charge is 0.381 e. The van der Waals surface area contributed by atoms with Gasteiger partial charge in [0.25, 0.3) is 0 Å². The summed E-state index contributed by atoms with van der Waals surface area (Å²) in [6.07, 6.45) is 0. The SMILES string of the molecule is CN1C[C@@H]2CN(C(=O)C3[C@H]4COC[C@@H]34)C[C@@H]2C1=O. The summed E-state index contributed by atoms with van der Waals surface area (Å²) in [5, 5.41) is 0. The van der Waals surface area contributed by atoms with Crippen LogP contribution in [-0.2, 0) is 14.3 Å². The summed E-state index contributed by atoms with van der Waals surface area (Å²) in [6.45, 7) is 3.74. The Labute approximate surface area is 106 Å². The predicted octanol–water partition coefficient (Wildman–Crippen LogP) is -0.575. The monoisotopic (exact) mass is 250 g/mol. The van der Waals surface area contributed by atoms with Gasteiger partial charge in [-0.2, -0.15) is 0 Å². The zero-order valence-electron chi connectivity index (χ0n) is 10.5. The van der Waals surface area contributed by atoms with E-state index in [4.69, 9.17) is 4.74 Å². The highest BCUT2D eigenvalue weighted by Crippen LogP contribution is 2.52. The van der Waals surface area contributed by atoms with E-state index in [1.165, 1.54) is 0 Å². The first-order valence-electron chi connectivity index (χ1n) is 6.78. The number of carbonyl (C=O) groups excluding carboxylic acids is 2. The molecule has 5 nitrogen and oxygen atoms in total. The van der Waals surface area contributed by atoms with Crippen LogP contribution in [0, 0.1) is 29.6 Å². The molecule has 5 heteroatoms. The third-order valence-electron chi connectivity index (χ3n) is 5.19. The molecule has 1 unspecified atom stereocenters. The molecule has 0 radical (unpaired) electrons. The maximum atomic E-state index is 12.4. The van der Waals surface area contributed by atoms with Crippen molar-refractivity contribution < 1.29 is 14.3 Å². The number of carbonyl (C=O) groups is 2. The van der Waals surface area contributed by atoms with Crippen LogP contribution < -0.4 is 0 Å². The summed E-state index contributed by atoms with van der Waals surface area (Å²) in [6, 6.07) is 0. The number of hydrogen-bond donors (Lipinski definition) is 0. The molecule has 0 spiro atoms. The van der Waals surface area contributed by atoms with E-state index in [2.05, 4.69) is 0 Å². The molecule has 1 aliphatic carbocycles. The molecule has 4 fully saturated rings. The van der Waals surface area contributed by atoms with Gasteiger partial charge in [0.05, 0.1) is 19.1 Å². The van der Waals surface area contributed by atoms with Gasteiger partial charge in [0, 0.05) is 38.5 Å². The number of hydrogen-bond acceptors (Lipinski definition) is 3. The van der Waals surface area contributed by atoms with Crippen molar-refractivity contribution in [2.45, 2.75) is 0 Å². The summed E-state index contributed by atoms with van der Waals surface area (Å²) < 4.78 is 5.32. The van der Waals surface area contributed by atoms with Crippen molar-refractivity contribution in [2.75, 3.05) is 39.9 Å². The Morgan fingerprint density at radius 2 is 1.94 bits per heavy atom. The molecule has 18 heavy (non-hydrogen) atoms. The number of rotatable bonds is 1. The van der Waals surface area contributed by atoms with E-state index in [0.717, 1.165) is 26.3 Å². The number of fused-ring (bicyclic) bond motifs is 2. The number of amides is 2. The Hall–Kier alpha value is -1.10. The zero-order chi connectivity index (χ0) is 12.4. The van der Waals surface area contributed by atoms with E-state index in [9.17, 15) is 9.59 Å². The van der Waals surface area contributed by atoms with Crippen molar-refractivity contribution in [3.8, 4) is 0 Å². The maximum Gasteiger partial charge on any atom is 0.227 e. The lowest BCUT2D eigenvalue weighted by Gasteiger charge is -2.20. The smallest absolute Gasteiger partial charge is 0.227 e. The third-order valence-corrected chi connectivity index (χ3v) is 5.19. The molecule has 3 saturated heterocycles. The van der Waals surface area contributed by atoms with Crippen LogP contribution in [0.1, 0.15) is 0 Å². The molecule has 0 bridgehead atoms. The second-order valence-electron chi connectivity index (χ2n) is 6.22. The fraction of sp³-hybridized carbons (Fsp3) is 0.846. The van der Waals surface area contributed by atoms with Gasteiger partial charge in [-0.15, -0.1) is 0 Å². The molecule has 4 aliphatic rings. The fourth-order valence-electron chi connectivity index (χ4n) is 4.06. The highest BCUT2D eigenvalue weighted by atomic mass is 16.5. The van der Waals surface area contributed by atoms with E-state index in [1.807, 2.05) is 11.9 Å². The number of ether oxygens (including phenoxy) is 1. The molecule has 2 amide bonds. The summed E-state index contributed by atoms with van der Waals surface area (Å²) in [5.74, 6) is 2.06. The molecule has 1 saturated carbocycles. The minimum Gasteiger partial charge on any atom is -0.381 e. The average Bonchev–Trinajstić information content (AvgIpc) is 2.76. The van der Waals surface area contributed by atoms with Crippen molar-refractivity contribution in [3.05, 3.63) is 0 Å². The van der Waals surface area contributed by atoms with Crippen molar-refractivity contribution in [1.29, 1.82) is 0 Å². The number of nitrogens with zero attached hydrogens (tertiary/aromatic N) is 2. The van der Waals surface area contributed by atoms with Gasteiger partial charge in [0.2, 0.25) is 11.8 Å². The average molecular weight is 250 g/mol. The van der Waals surface area contributed by atoms with Gasteiger partial charge in [0.15, 0.2) is 0 Å². The standard InChI is InChI=1S/C13H18N2O3/c1-14-2-7-3-15(4-8(7)12(14)16)13(17)11-9-5-18-6-10(9)11/h7-11H,2-6H2,1H3/t7-,8+,9-,10+,11?/m1/s1. The molecule has 3 aliphatic heterocycles. The van der Waals surface area contributed by atoms with Gasteiger partial charge in [-0.25, -0.2) is 0 Å². The highest BCUT2D eigenvalue weighted by Gasteiger charge is 2.60. The lowest BCUT2D eigenvalue weighted by Crippen LogP contribution is -2.36. The highest BCUT2D eigenvalue weighted by molar-refractivity contribution is 5.86. The van der Waals surface area contributed by atoms with Crippen LogP contribution in [0.5, 0.6) is 0 Å². The second kappa shape index (κ2) is 3.47. The fourth-order valence-corrected chi connectivity index (χ4v) is 4.06. The van der Waals surface area contributed by atoms with Crippen molar-refractivity contribution in [1.82, 2.24) is 9.80 Å². The first-order valence-corrected chi connectivity index (χ1v) is 6.78. The molecule has 0 aromatic carbocycles. The minimum atomic E-state index is 0.0637. The van der Waals surface area contributed by atoms with E-state index in [-0.39, 0.29) is 23.7 Å². The quantitative estimate of drug-likeness (QED) is 0.626. The number of likely N-dealkylation sites (tertiary alicyclic amines) is 2. The van der Waals surface area contributed by atoms with E-state index in [0.29, 0.717) is 24.3 Å². The van der Waals surface area contributed by atoms with E-state index >= 15 is 0 Å². The molecular weight excluding hydrogens is 232 g/mol. The summed E-state index contributed by atoms with van der Waals surface area (Å²) in [5.41, 5.74) is 0. The van der Waals surface area contributed by atoms with Gasteiger partial charge in [0.1, 0.15) is 0 Å². The van der Waals surface area contributed by atoms with Crippen LogP contribution in [0.3, 0.4) is 0 Å². The lowest BCUT2D eigenvalue weighted by molar-refractivity contribution is -0.134. The molecule has 3 heterocycles. The maximum absolute atomic E-state index is 12.4. The van der Waals surface area contributed by atoms with E-state index in [1.54, 1.807) is 4.90 Å². The zero-order valence-corrected chi connectivity index (χ0v) is 10.5. The third kappa shape index (κ3) is 1.31. The van der Waals surface area contributed by atoms with Gasteiger partial charge in [-0.1, -0.05) is 0 Å². The van der Waals surface area contributed by atoms with Crippen LogP contribution >= 0.6 is 0 Å². The van der Waals surface area contributed by atoms with Crippen LogP contribution in [0.4, 0.5) is 0 Å². The van der Waals surface area contributed by atoms with Gasteiger partial charge < -0.3 is 14.5 Å². The molecule has 4 rings (SSSR count). The molecule has 5 atom stereocenters. The van der Waals surface area contributed by atoms with Crippen LogP contribution in [-0.4, -0.2) is 61.5 Å². The predicted molar refractivity (Wildman–Crippen MR) is 62.5 cm³/mol. The first kappa shape index (κ1) is 10.8. The second-order valence-corrected chi connectivity index (χ2v) is 6.22. The Morgan fingerprint density at radius 3 is 2.61 bits per heavy atom. The van der Waals surface area contributed by atoms with Gasteiger partial charge >= 0.3 is 0 Å². The van der Waals surface area contributed by atoms with Crippen LogP contribution in [0.15, 0.2) is 0 Å². The molecule has 98 valence electrons. The first-order chi connectivity index (χ1) is 8.66. The Morgan fingerprint density at radius 1 is 1.22 bits per heavy atom. The van der Waals surface area contributed by atoms with Gasteiger partial charge in [-0.3, -0.25) is 9.59 Å². The summed E-state index contributed by atoms with van der Waals surface area (Å²) in [4.78, 5) is 28.0. The summed E-state index contributed by atoms with van der Waals surface area (Å²) >= 11 is 0. The normalized spacial score (nSPS) is 45.4. The molecular formula is C13H18N2O3. The lowest BCUT2D eigenvalue weighted by atomic mass is 10.0. The van der Waals surface area contributed by atoms with Gasteiger partial charge in [-0.05, 0) is 11.8 Å². The topological polar surface area (TPSA) is 49.9 Å². The van der Waals surface area contributed by atoms with Crippen molar-refractivity contribution >= 4 is 11.8 Å². The molecule has 0 aromatic rings. The van der Waals surface area contributed by atoms with Crippen molar-refractivity contribution in [2.24, 2.45) is 29.6 Å². The van der Waals surface area contributed by atoms with Crippen LogP contribution in [0.2, 0.25) is 0 Å². The van der Waals surface area contributed by atoms with Crippen LogP contribution in [0.25, 0.3) is 0 Å². The molecule has 0 aromatic heterocycles. The molecule has 0 N–H and O–H groups in total.